The number of ether oxygens (including phenoxy) is 3. The smallest absolute Gasteiger partial charge is 0.306 e. The first-order valence-electron chi connectivity index (χ1n) is 14.4. The summed E-state index contributed by atoms with van der Waals surface area (Å²) >= 11 is 0. The molecule has 4 aliphatic carbocycles. The third-order valence-corrected chi connectivity index (χ3v) is 9.91. The van der Waals surface area contributed by atoms with Crippen LogP contribution in [-0.4, -0.2) is 41.5 Å². The van der Waals surface area contributed by atoms with E-state index >= 15 is 0 Å². The summed E-state index contributed by atoms with van der Waals surface area (Å²) in [6.07, 6.45) is 8.91. The number of allylic oxidation sites excluding steroid dienone is 2. The summed E-state index contributed by atoms with van der Waals surface area (Å²) in [5.74, 6) is -0.864. The molecule has 0 aliphatic heterocycles. The quantitative estimate of drug-likeness (QED) is 0.290. The van der Waals surface area contributed by atoms with Crippen LogP contribution >= 0.6 is 0 Å². The molecule has 3 fully saturated rings. The van der Waals surface area contributed by atoms with Crippen molar-refractivity contribution >= 4 is 23.7 Å². The molecule has 0 aromatic carbocycles. The van der Waals surface area contributed by atoms with Gasteiger partial charge in [-0.25, -0.2) is 0 Å². The van der Waals surface area contributed by atoms with Gasteiger partial charge in [0.1, 0.15) is 18.0 Å². The molecule has 7 nitrogen and oxygen atoms in total. The highest BCUT2D eigenvalue weighted by molar-refractivity contribution is 5.80. The summed E-state index contributed by atoms with van der Waals surface area (Å²) in [7, 11) is 0. The van der Waals surface area contributed by atoms with Crippen molar-refractivity contribution in [2.75, 3.05) is 0 Å². The van der Waals surface area contributed by atoms with Gasteiger partial charge in [-0.05, 0) is 68.8 Å². The zero-order valence-corrected chi connectivity index (χ0v) is 23.9. The highest BCUT2D eigenvalue weighted by atomic mass is 16.6. The number of hydrogen-bond acceptors (Lipinski definition) is 7. The predicted molar refractivity (Wildman–Crippen MR) is 142 cm³/mol. The molecule has 0 aromatic rings. The number of carbonyl (C=O) groups is 4. The van der Waals surface area contributed by atoms with E-state index in [1.807, 2.05) is 13.8 Å². The van der Waals surface area contributed by atoms with Crippen LogP contribution in [0.1, 0.15) is 106 Å². The fourth-order valence-corrected chi connectivity index (χ4v) is 8.20. The fourth-order valence-electron chi connectivity index (χ4n) is 8.20. The van der Waals surface area contributed by atoms with Crippen LogP contribution in [-0.2, 0) is 33.4 Å². The molecule has 0 N–H and O–H groups in total. The van der Waals surface area contributed by atoms with Gasteiger partial charge in [0.05, 0.1) is 0 Å². The monoisotopic (exact) mass is 528 g/mol. The first-order chi connectivity index (χ1) is 17.9. The van der Waals surface area contributed by atoms with Crippen molar-refractivity contribution in [2.24, 2.45) is 22.7 Å². The van der Waals surface area contributed by atoms with E-state index < -0.39 is 22.5 Å². The molecule has 7 atom stereocenters. The lowest BCUT2D eigenvalue weighted by molar-refractivity contribution is -0.219. The van der Waals surface area contributed by atoms with Crippen LogP contribution in [0.3, 0.4) is 0 Å². The summed E-state index contributed by atoms with van der Waals surface area (Å²) < 4.78 is 18.5. The standard InChI is InChI=1S/C31H44O7/c1-7-9-27(34)37-26-18-29(5)23(19(3)32)13-14-24(29)25-12-11-21-17-22(36-20(4)33)15-16-30(21,6)31(25,26)38-28(35)10-8-2/h11-12,22-24,26H,7-10,13-18H2,1-6H3/t22?,23-,24+,26?,29-,30+,31+/m1/s1. The predicted octanol–water partition coefficient (Wildman–Crippen LogP) is 5.79. The summed E-state index contributed by atoms with van der Waals surface area (Å²) in [4.78, 5) is 50.9. The Kier molecular flexibility index (Phi) is 7.98. The number of hydrogen-bond donors (Lipinski definition) is 0. The largest absolute Gasteiger partial charge is 0.462 e. The van der Waals surface area contributed by atoms with Gasteiger partial charge in [0.25, 0.3) is 0 Å². The second-order valence-electron chi connectivity index (χ2n) is 12.3. The Bertz CT molecular complexity index is 1060. The lowest BCUT2D eigenvalue weighted by Gasteiger charge is -2.62. The van der Waals surface area contributed by atoms with Gasteiger partial charge in [-0.2, -0.15) is 0 Å². The average molecular weight is 529 g/mol. The van der Waals surface area contributed by atoms with E-state index in [0.29, 0.717) is 38.5 Å². The van der Waals surface area contributed by atoms with Crippen LogP contribution in [0.5, 0.6) is 0 Å². The maximum absolute atomic E-state index is 13.4. The molecule has 4 rings (SSSR count). The zero-order chi connectivity index (χ0) is 27.9. The molecule has 0 aromatic heterocycles. The highest BCUT2D eigenvalue weighted by Gasteiger charge is 2.71. The maximum atomic E-state index is 13.4. The first kappa shape index (κ1) is 28.6. The Morgan fingerprint density at radius 2 is 1.61 bits per heavy atom. The van der Waals surface area contributed by atoms with Crippen molar-refractivity contribution in [2.45, 2.75) is 124 Å². The molecule has 7 heteroatoms. The fraction of sp³-hybridized carbons (Fsp3) is 0.742. The molecule has 0 bridgehead atoms. The van der Waals surface area contributed by atoms with Gasteiger partial charge in [-0.3, -0.25) is 19.2 Å². The molecule has 0 heterocycles. The van der Waals surface area contributed by atoms with Gasteiger partial charge in [-0.15, -0.1) is 0 Å². The molecule has 0 spiro atoms. The van der Waals surface area contributed by atoms with Gasteiger partial charge < -0.3 is 14.2 Å². The molecule has 210 valence electrons. The second-order valence-corrected chi connectivity index (χ2v) is 12.3. The van der Waals surface area contributed by atoms with Crippen molar-refractivity contribution in [1.29, 1.82) is 0 Å². The molecule has 2 unspecified atom stereocenters. The van der Waals surface area contributed by atoms with E-state index in [2.05, 4.69) is 26.0 Å². The normalized spacial score (nSPS) is 37.5. The van der Waals surface area contributed by atoms with Crippen molar-refractivity contribution < 1.29 is 33.4 Å². The minimum atomic E-state index is -1.16. The topological polar surface area (TPSA) is 96.0 Å². The molecule has 4 aliphatic rings. The van der Waals surface area contributed by atoms with E-state index in [1.165, 1.54) is 6.92 Å². The molecule has 0 saturated heterocycles. The minimum Gasteiger partial charge on any atom is -0.462 e. The number of rotatable bonds is 8. The maximum Gasteiger partial charge on any atom is 0.306 e. The third-order valence-electron chi connectivity index (χ3n) is 9.91. The van der Waals surface area contributed by atoms with Gasteiger partial charge in [0.15, 0.2) is 5.60 Å². The van der Waals surface area contributed by atoms with Crippen molar-refractivity contribution in [3.05, 3.63) is 23.3 Å². The number of ketones is 1. The van der Waals surface area contributed by atoms with Gasteiger partial charge >= 0.3 is 17.9 Å². The van der Waals surface area contributed by atoms with Crippen LogP contribution in [0.25, 0.3) is 0 Å². The van der Waals surface area contributed by atoms with E-state index in [9.17, 15) is 19.2 Å². The number of fused-ring (bicyclic) bond motifs is 5. The Labute approximate surface area is 226 Å². The summed E-state index contributed by atoms with van der Waals surface area (Å²) in [6.45, 7) is 11.2. The van der Waals surface area contributed by atoms with Gasteiger partial charge in [0.2, 0.25) is 0 Å². The van der Waals surface area contributed by atoms with E-state index in [-0.39, 0.29) is 54.5 Å². The molecule has 0 amide bonds. The highest BCUT2D eigenvalue weighted by Crippen LogP contribution is 2.68. The SMILES string of the molecule is CCCC(=O)OC1C[C@]2(C)[C@@H](C(C)=O)CC[C@H]2C2=CC=C3CC(OC(C)=O)CC[C@]3(C)[C@]21OC(=O)CCC. The molecule has 0 radical (unpaired) electrons. The zero-order valence-electron chi connectivity index (χ0n) is 23.9. The van der Waals surface area contributed by atoms with Crippen molar-refractivity contribution in [1.82, 2.24) is 0 Å². The van der Waals surface area contributed by atoms with Crippen LogP contribution < -0.4 is 0 Å². The Morgan fingerprint density at radius 3 is 2.24 bits per heavy atom. The summed E-state index contributed by atoms with van der Waals surface area (Å²) in [6, 6.07) is 0. The Morgan fingerprint density at radius 1 is 0.921 bits per heavy atom. The van der Waals surface area contributed by atoms with Crippen molar-refractivity contribution in [3.63, 3.8) is 0 Å². The molecule has 38 heavy (non-hydrogen) atoms. The lowest BCUT2D eigenvalue weighted by atomic mass is 9.46. The number of Topliss-reactive ketones (excluding diaryl/α,β-unsaturated/α-hetero) is 1. The molecular formula is C31H44O7. The lowest BCUT2D eigenvalue weighted by Crippen LogP contribution is -2.68. The van der Waals surface area contributed by atoms with Gasteiger partial charge in [-0.1, -0.05) is 45.4 Å². The van der Waals surface area contributed by atoms with E-state index in [4.69, 9.17) is 14.2 Å². The molecule has 3 saturated carbocycles. The van der Waals surface area contributed by atoms with Crippen molar-refractivity contribution in [3.8, 4) is 0 Å². The second kappa shape index (κ2) is 10.6. The van der Waals surface area contributed by atoms with E-state index in [0.717, 1.165) is 24.0 Å². The minimum absolute atomic E-state index is 0.0350. The van der Waals surface area contributed by atoms with Crippen LogP contribution in [0, 0.1) is 22.7 Å². The Hall–Kier alpha value is -2.44. The summed E-state index contributed by atoms with van der Waals surface area (Å²) in [5, 5.41) is 0. The van der Waals surface area contributed by atoms with Crippen LogP contribution in [0.2, 0.25) is 0 Å². The van der Waals surface area contributed by atoms with E-state index in [1.54, 1.807) is 6.92 Å². The van der Waals surface area contributed by atoms with Crippen LogP contribution in [0.4, 0.5) is 0 Å². The first-order valence-corrected chi connectivity index (χ1v) is 14.4. The molecular weight excluding hydrogens is 484 g/mol. The number of carbonyl (C=O) groups excluding carboxylic acids is 4. The average Bonchev–Trinajstić information content (AvgIpc) is 3.17. The summed E-state index contributed by atoms with van der Waals surface area (Å²) in [5.41, 5.74) is -0.171. The number of esters is 3. The van der Waals surface area contributed by atoms with Gasteiger partial charge in [0, 0.05) is 37.5 Å². The van der Waals surface area contributed by atoms with Crippen LogP contribution in [0.15, 0.2) is 23.3 Å². The Balaban J connectivity index is 1.89. The third kappa shape index (κ3) is 4.54.